The summed E-state index contributed by atoms with van der Waals surface area (Å²) >= 11 is 0. The standard InChI is InChI=1S/C22H22FNO2.ClH/c1-25-21-10-18-16-8-13(23)5-6-15(16)17-9-14-4-3-7-24(14)12-20(17)19(18)11-22(21)26-2;/h5-6,8,10-11,14H,3-4,7,9,12H2,1-2H3;1H/t14-;/m0./s1. The molecule has 0 aliphatic carbocycles. The van der Waals surface area contributed by atoms with E-state index in [1.807, 2.05) is 12.1 Å². The Hall–Kier alpha value is -2.04. The molecule has 0 unspecified atom stereocenters. The summed E-state index contributed by atoms with van der Waals surface area (Å²) < 4.78 is 25.1. The van der Waals surface area contributed by atoms with Gasteiger partial charge in [-0.1, -0.05) is 6.07 Å². The van der Waals surface area contributed by atoms with E-state index in [1.165, 1.54) is 35.9 Å². The van der Waals surface area contributed by atoms with Crippen LogP contribution in [-0.2, 0) is 13.0 Å². The van der Waals surface area contributed by atoms with E-state index < -0.39 is 0 Å². The summed E-state index contributed by atoms with van der Waals surface area (Å²) in [6.45, 7) is 2.12. The monoisotopic (exact) mass is 387 g/mol. The van der Waals surface area contributed by atoms with Gasteiger partial charge in [-0.15, -0.1) is 12.4 Å². The van der Waals surface area contributed by atoms with Crippen LogP contribution < -0.4 is 9.47 Å². The van der Waals surface area contributed by atoms with Crippen molar-refractivity contribution in [3.63, 3.8) is 0 Å². The van der Waals surface area contributed by atoms with E-state index in [1.54, 1.807) is 26.4 Å². The van der Waals surface area contributed by atoms with Crippen molar-refractivity contribution in [3.05, 3.63) is 47.3 Å². The molecule has 1 atom stereocenters. The summed E-state index contributed by atoms with van der Waals surface area (Å²) in [7, 11) is 3.30. The third kappa shape index (κ3) is 2.74. The van der Waals surface area contributed by atoms with Gasteiger partial charge >= 0.3 is 0 Å². The van der Waals surface area contributed by atoms with Crippen molar-refractivity contribution in [2.24, 2.45) is 0 Å². The predicted octanol–water partition coefficient (Wildman–Crippen LogP) is 5.09. The number of rotatable bonds is 2. The lowest BCUT2D eigenvalue weighted by Crippen LogP contribution is -2.35. The number of ether oxygens (including phenoxy) is 2. The Balaban J connectivity index is 0.00000180. The lowest BCUT2D eigenvalue weighted by molar-refractivity contribution is 0.229. The summed E-state index contributed by atoms with van der Waals surface area (Å²) in [5, 5.41) is 4.33. The maximum Gasteiger partial charge on any atom is 0.161 e. The number of halogens is 2. The van der Waals surface area contributed by atoms with Crippen molar-refractivity contribution >= 4 is 34.0 Å². The van der Waals surface area contributed by atoms with Gasteiger partial charge in [0.15, 0.2) is 11.5 Å². The number of fused-ring (bicyclic) bond motifs is 7. The normalized spacial score (nSPS) is 18.9. The van der Waals surface area contributed by atoms with E-state index in [-0.39, 0.29) is 18.2 Å². The van der Waals surface area contributed by atoms with Gasteiger partial charge in [-0.05, 0) is 82.7 Å². The number of hydrogen-bond acceptors (Lipinski definition) is 3. The molecular weight excluding hydrogens is 365 g/mol. The average Bonchev–Trinajstić information content (AvgIpc) is 3.13. The molecule has 3 nitrogen and oxygen atoms in total. The summed E-state index contributed by atoms with van der Waals surface area (Å²) in [6.07, 6.45) is 3.56. The Morgan fingerprint density at radius 2 is 1.63 bits per heavy atom. The average molecular weight is 388 g/mol. The van der Waals surface area contributed by atoms with Crippen LogP contribution in [-0.4, -0.2) is 31.7 Å². The zero-order chi connectivity index (χ0) is 17.8. The highest BCUT2D eigenvalue weighted by atomic mass is 35.5. The smallest absolute Gasteiger partial charge is 0.161 e. The molecule has 27 heavy (non-hydrogen) atoms. The van der Waals surface area contributed by atoms with Gasteiger partial charge in [-0.3, -0.25) is 4.90 Å². The second-order valence-electron chi connectivity index (χ2n) is 7.37. The Bertz CT molecular complexity index is 1040. The van der Waals surface area contributed by atoms with Gasteiger partial charge in [0.25, 0.3) is 0 Å². The molecule has 2 aliphatic heterocycles. The molecule has 142 valence electrons. The van der Waals surface area contributed by atoms with Crippen LogP contribution in [0, 0.1) is 5.82 Å². The predicted molar refractivity (Wildman–Crippen MR) is 109 cm³/mol. The Kier molecular flexibility index (Phi) is 4.65. The molecule has 0 spiro atoms. The fraction of sp³-hybridized carbons (Fsp3) is 0.364. The van der Waals surface area contributed by atoms with Gasteiger partial charge in [0, 0.05) is 12.6 Å². The molecule has 5 heteroatoms. The fourth-order valence-corrected chi connectivity index (χ4v) is 4.87. The van der Waals surface area contributed by atoms with Gasteiger partial charge in [0.05, 0.1) is 14.2 Å². The zero-order valence-electron chi connectivity index (χ0n) is 15.5. The SMILES string of the molecule is COc1cc2c3c(c4ccc(F)cc4c2cc1OC)C[C@@H]1CCCN1C3.Cl. The minimum Gasteiger partial charge on any atom is -0.493 e. The third-order valence-electron chi connectivity index (χ3n) is 6.11. The van der Waals surface area contributed by atoms with Gasteiger partial charge in [-0.25, -0.2) is 4.39 Å². The maximum absolute atomic E-state index is 14.1. The Morgan fingerprint density at radius 1 is 0.926 bits per heavy atom. The van der Waals surface area contributed by atoms with E-state index in [4.69, 9.17) is 9.47 Å². The molecule has 2 heterocycles. The Morgan fingerprint density at radius 3 is 2.37 bits per heavy atom. The molecule has 5 rings (SSSR count). The van der Waals surface area contributed by atoms with Gasteiger partial charge in [-0.2, -0.15) is 0 Å². The van der Waals surface area contributed by atoms with Crippen molar-refractivity contribution in [2.75, 3.05) is 20.8 Å². The summed E-state index contributed by atoms with van der Waals surface area (Å²) in [5.74, 6) is 1.20. The first kappa shape index (κ1) is 18.3. The maximum atomic E-state index is 14.1. The van der Waals surface area contributed by atoms with Crippen LogP contribution in [0.4, 0.5) is 4.39 Å². The molecule has 0 bridgehead atoms. The molecule has 0 saturated carbocycles. The van der Waals surface area contributed by atoms with Gasteiger partial charge < -0.3 is 9.47 Å². The van der Waals surface area contributed by atoms with Crippen molar-refractivity contribution in [1.82, 2.24) is 4.90 Å². The van der Waals surface area contributed by atoms with Crippen LogP contribution in [0.1, 0.15) is 24.0 Å². The van der Waals surface area contributed by atoms with Gasteiger partial charge in [0.2, 0.25) is 0 Å². The van der Waals surface area contributed by atoms with E-state index in [2.05, 4.69) is 11.0 Å². The molecule has 0 amide bonds. The second kappa shape index (κ2) is 6.84. The first-order valence-corrected chi connectivity index (χ1v) is 9.22. The van der Waals surface area contributed by atoms with Crippen LogP contribution in [0.25, 0.3) is 21.5 Å². The molecule has 1 saturated heterocycles. The third-order valence-corrected chi connectivity index (χ3v) is 6.11. The molecule has 0 N–H and O–H groups in total. The van der Waals surface area contributed by atoms with Crippen LogP contribution in [0.5, 0.6) is 11.5 Å². The molecule has 2 aliphatic rings. The lowest BCUT2D eigenvalue weighted by atomic mass is 9.85. The van der Waals surface area contributed by atoms with Crippen molar-refractivity contribution in [2.45, 2.75) is 31.8 Å². The minimum atomic E-state index is -0.202. The van der Waals surface area contributed by atoms with Gasteiger partial charge in [0.1, 0.15) is 5.82 Å². The van der Waals surface area contributed by atoms with Crippen LogP contribution in [0.2, 0.25) is 0 Å². The second-order valence-corrected chi connectivity index (χ2v) is 7.37. The molecule has 0 radical (unpaired) electrons. The minimum absolute atomic E-state index is 0. The Labute approximate surface area is 164 Å². The molecule has 0 aromatic heterocycles. The summed E-state index contributed by atoms with van der Waals surface area (Å²) in [6, 6.07) is 9.86. The van der Waals surface area contributed by atoms with Crippen LogP contribution in [0.3, 0.4) is 0 Å². The molecular formula is C22H23ClFNO2. The number of methoxy groups -OCH3 is 2. The summed E-state index contributed by atoms with van der Waals surface area (Å²) in [4.78, 5) is 2.59. The topological polar surface area (TPSA) is 21.7 Å². The van der Waals surface area contributed by atoms with E-state index in [0.717, 1.165) is 34.9 Å². The largest absolute Gasteiger partial charge is 0.493 e. The lowest BCUT2D eigenvalue weighted by Gasteiger charge is -2.33. The molecule has 3 aromatic rings. The van der Waals surface area contributed by atoms with E-state index in [9.17, 15) is 4.39 Å². The number of hydrogen-bond donors (Lipinski definition) is 0. The van der Waals surface area contributed by atoms with E-state index >= 15 is 0 Å². The number of nitrogens with zero attached hydrogens (tertiary/aromatic N) is 1. The highest BCUT2D eigenvalue weighted by Crippen LogP contribution is 2.43. The molecule has 3 aromatic carbocycles. The van der Waals surface area contributed by atoms with Crippen LogP contribution >= 0.6 is 12.4 Å². The highest BCUT2D eigenvalue weighted by Gasteiger charge is 2.32. The van der Waals surface area contributed by atoms with Crippen molar-refractivity contribution < 1.29 is 13.9 Å². The fourth-order valence-electron chi connectivity index (χ4n) is 4.87. The van der Waals surface area contributed by atoms with Crippen molar-refractivity contribution in [3.8, 4) is 11.5 Å². The van der Waals surface area contributed by atoms with E-state index in [0.29, 0.717) is 11.8 Å². The first-order chi connectivity index (χ1) is 12.7. The van der Waals surface area contributed by atoms with Crippen LogP contribution in [0.15, 0.2) is 30.3 Å². The highest BCUT2D eigenvalue weighted by molar-refractivity contribution is 6.12. The zero-order valence-corrected chi connectivity index (χ0v) is 16.4. The molecule has 1 fully saturated rings. The summed E-state index contributed by atoms with van der Waals surface area (Å²) in [5.41, 5.74) is 2.74. The van der Waals surface area contributed by atoms with Crippen molar-refractivity contribution in [1.29, 1.82) is 0 Å². The quantitative estimate of drug-likeness (QED) is 0.571. The first-order valence-electron chi connectivity index (χ1n) is 9.22. The number of benzene rings is 3.